The fourth-order valence-corrected chi connectivity index (χ4v) is 4.61. The normalized spacial score (nSPS) is 13.1. The summed E-state index contributed by atoms with van der Waals surface area (Å²) in [5, 5.41) is 3.37. The summed E-state index contributed by atoms with van der Waals surface area (Å²) < 4.78 is 26.0. The topological polar surface area (TPSA) is 86.8 Å². The third-order valence-electron chi connectivity index (χ3n) is 5.61. The summed E-state index contributed by atoms with van der Waals surface area (Å²) in [7, 11) is -3.56. The molecule has 186 valence electrons. The highest BCUT2D eigenvalue weighted by Crippen LogP contribution is 2.22. The predicted molar refractivity (Wildman–Crippen MR) is 137 cm³/mol. The van der Waals surface area contributed by atoms with Crippen LogP contribution in [0.1, 0.15) is 45.6 Å². The molecule has 0 aliphatic rings. The van der Waals surface area contributed by atoms with Gasteiger partial charge in [-0.2, -0.15) is 0 Å². The number of nitrogens with one attached hydrogen (secondary N) is 1. The van der Waals surface area contributed by atoms with Gasteiger partial charge in [0, 0.05) is 30.6 Å². The van der Waals surface area contributed by atoms with E-state index in [1.54, 1.807) is 36.1 Å². The monoisotopic (exact) mass is 507 g/mol. The van der Waals surface area contributed by atoms with Gasteiger partial charge >= 0.3 is 0 Å². The van der Waals surface area contributed by atoms with Gasteiger partial charge in [0.1, 0.15) is 6.04 Å². The zero-order valence-electron chi connectivity index (χ0n) is 20.2. The molecule has 2 atom stereocenters. The number of nitrogens with zero attached hydrogens (tertiary/aromatic N) is 2. The summed E-state index contributed by atoms with van der Waals surface area (Å²) in [4.78, 5) is 27.6. The second-order valence-electron chi connectivity index (χ2n) is 8.42. The summed E-state index contributed by atoms with van der Waals surface area (Å²) in [5.74, 6) is -0.425. The minimum atomic E-state index is -3.56. The fourth-order valence-electron chi connectivity index (χ4n) is 3.46. The largest absolute Gasteiger partial charge is 0.352 e. The van der Waals surface area contributed by atoms with E-state index in [1.165, 1.54) is 4.31 Å². The van der Waals surface area contributed by atoms with Crippen molar-refractivity contribution in [2.45, 2.75) is 58.7 Å². The highest BCUT2D eigenvalue weighted by Gasteiger charge is 2.27. The fraction of sp³-hybridized carbons (Fsp3) is 0.440. The van der Waals surface area contributed by atoms with Gasteiger partial charge in [0.2, 0.25) is 21.8 Å². The molecular formula is C25H34ClN3O4S. The van der Waals surface area contributed by atoms with E-state index in [1.807, 2.05) is 44.2 Å². The molecule has 0 saturated heterocycles. The Balaban J connectivity index is 2.14. The Kier molecular flexibility index (Phi) is 10.4. The molecule has 9 heteroatoms. The molecule has 2 aromatic rings. The minimum Gasteiger partial charge on any atom is -0.352 e. The lowest BCUT2D eigenvalue weighted by molar-refractivity contribution is -0.140. The summed E-state index contributed by atoms with van der Waals surface area (Å²) in [6, 6.07) is 15.4. The van der Waals surface area contributed by atoms with E-state index < -0.39 is 16.1 Å². The van der Waals surface area contributed by atoms with Crippen molar-refractivity contribution in [2.24, 2.45) is 0 Å². The van der Waals surface area contributed by atoms with Crippen LogP contribution in [-0.4, -0.2) is 50.0 Å². The first kappa shape index (κ1) is 27.7. The second-order valence-corrected chi connectivity index (χ2v) is 10.8. The molecule has 2 amide bonds. The highest BCUT2D eigenvalue weighted by atomic mass is 35.5. The van der Waals surface area contributed by atoms with Gasteiger partial charge in [-0.25, -0.2) is 8.42 Å². The van der Waals surface area contributed by atoms with Gasteiger partial charge in [-0.1, -0.05) is 54.9 Å². The number of halogens is 1. The van der Waals surface area contributed by atoms with Crippen LogP contribution in [0.15, 0.2) is 54.6 Å². The third kappa shape index (κ3) is 8.33. The Morgan fingerprint density at radius 2 is 1.74 bits per heavy atom. The number of sulfonamides is 1. The molecule has 0 fully saturated rings. The summed E-state index contributed by atoms with van der Waals surface area (Å²) in [6.07, 6.45) is 2.30. The molecular weight excluding hydrogens is 474 g/mol. The molecule has 0 radical (unpaired) electrons. The molecule has 2 unspecified atom stereocenters. The first-order valence-corrected chi connectivity index (χ1v) is 13.6. The van der Waals surface area contributed by atoms with Crippen LogP contribution in [0, 0.1) is 0 Å². The molecule has 0 aliphatic carbocycles. The summed E-state index contributed by atoms with van der Waals surface area (Å²) >= 11 is 6.03. The van der Waals surface area contributed by atoms with Crippen molar-refractivity contribution in [1.82, 2.24) is 10.2 Å². The van der Waals surface area contributed by atoms with Crippen molar-refractivity contribution in [3.8, 4) is 0 Å². The van der Waals surface area contributed by atoms with Crippen LogP contribution in [0.2, 0.25) is 5.02 Å². The quantitative estimate of drug-likeness (QED) is 0.466. The van der Waals surface area contributed by atoms with Gasteiger partial charge in [-0.3, -0.25) is 13.9 Å². The van der Waals surface area contributed by atoms with Crippen molar-refractivity contribution in [3.63, 3.8) is 0 Å². The average Bonchev–Trinajstić information content (AvgIpc) is 2.79. The van der Waals surface area contributed by atoms with Crippen molar-refractivity contribution in [2.75, 3.05) is 17.1 Å². The molecule has 2 aromatic carbocycles. The number of benzene rings is 2. The number of carbonyl (C=O) groups is 2. The van der Waals surface area contributed by atoms with E-state index >= 15 is 0 Å². The Morgan fingerprint density at radius 1 is 1.06 bits per heavy atom. The van der Waals surface area contributed by atoms with Gasteiger partial charge in [0.15, 0.2) is 0 Å². The molecule has 0 heterocycles. The maximum absolute atomic E-state index is 13.2. The van der Waals surface area contributed by atoms with Crippen LogP contribution < -0.4 is 9.62 Å². The number of hydrogen-bond acceptors (Lipinski definition) is 4. The zero-order chi connectivity index (χ0) is 25.3. The van der Waals surface area contributed by atoms with Crippen molar-refractivity contribution >= 4 is 39.1 Å². The van der Waals surface area contributed by atoms with Crippen molar-refractivity contribution < 1.29 is 18.0 Å². The minimum absolute atomic E-state index is 0.00430. The Labute approximate surface area is 208 Å². The number of carbonyl (C=O) groups excluding carboxylic acids is 2. The van der Waals surface area contributed by atoms with E-state index in [0.717, 1.165) is 18.2 Å². The van der Waals surface area contributed by atoms with Crippen LogP contribution in [0.5, 0.6) is 0 Å². The molecule has 0 aliphatic heterocycles. The van der Waals surface area contributed by atoms with Gasteiger partial charge in [-0.05, 0) is 50.5 Å². The summed E-state index contributed by atoms with van der Waals surface area (Å²) in [6.45, 7) is 6.03. The molecule has 0 saturated carbocycles. The van der Waals surface area contributed by atoms with E-state index in [2.05, 4.69) is 5.32 Å². The lowest BCUT2D eigenvalue weighted by atomic mass is 10.1. The molecule has 34 heavy (non-hydrogen) atoms. The maximum atomic E-state index is 13.2. The Bertz CT molecular complexity index is 1060. The van der Waals surface area contributed by atoms with E-state index in [9.17, 15) is 18.0 Å². The molecule has 0 aromatic heterocycles. The standard InChI is InChI=1S/C25H34ClN3O4S/c1-5-19(2)27-25(31)20(3)28(18-21-11-7-6-8-12-21)24(30)15-10-16-29(34(4,32)33)23-14-9-13-22(26)17-23/h6-9,11-14,17,19-20H,5,10,15-16,18H2,1-4H3,(H,27,31). The number of amides is 2. The van der Waals surface area contributed by atoms with Gasteiger partial charge in [0.25, 0.3) is 0 Å². The van der Waals surface area contributed by atoms with E-state index in [4.69, 9.17) is 11.6 Å². The molecule has 2 rings (SSSR count). The van der Waals surface area contributed by atoms with E-state index in [-0.39, 0.29) is 30.8 Å². The lowest BCUT2D eigenvalue weighted by Gasteiger charge is -2.30. The third-order valence-corrected chi connectivity index (χ3v) is 7.04. The van der Waals surface area contributed by atoms with Crippen molar-refractivity contribution in [3.05, 3.63) is 65.2 Å². The van der Waals surface area contributed by atoms with Gasteiger partial charge < -0.3 is 10.2 Å². The van der Waals surface area contributed by atoms with Gasteiger partial charge in [-0.15, -0.1) is 0 Å². The Morgan fingerprint density at radius 3 is 2.32 bits per heavy atom. The molecule has 7 nitrogen and oxygen atoms in total. The predicted octanol–water partition coefficient (Wildman–Crippen LogP) is 4.22. The van der Waals surface area contributed by atoms with Crippen LogP contribution in [0.25, 0.3) is 0 Å². The van der Waals surface area contributed by atoms with Crippen LogP contribution >= 0.6 is 11.6 Å². The molecule has 0 spiro atoms. The zero-order valence-corrected chi connectivity index (χ0v) is 21.8. The summed E-state index contributed by atoms with van der Waals surface area (Å²) in [5.41, 5.74) is 1.36. The SMILES string of the molecule is CCC(C)NC(=O)C(C)N(Cc1ccccc1)C(=O)CCCN(c1cccc(Cl)c1)S(C)(=O)=O. The highest BCUT2D eigenvalue weighted by molar-refractivity contribution is 7.92. The number of hydrogen-bond donors (Lipinski definition) is 1. The van der Waals surface area contributed by atoms with Crippen LogP contribution in [0.3, 0.4) is 0 Å². The van der Waals surface area contributed by atoms with E-state index in [0.29, 0.717) is 23.7 Å². The second kappa shape index (κ2) is 12.8. The first-order chi connectivity index (χ1) is 16.0. The van der Waals surface area contributed by atoms with Crippen LogP contribution in [-0.2, 0) is 26.2 Å². The number of rotatable bonds is 12. The van der Waals surface area contributed by atoms with Gasteiger partial charge in [0.05, 0.1) is 11.9 Å². The number of anilines is 1. The molecule has 1 N–H and O–H groups in total. The smallest absolute Gasteiger partial charge is 0.242 e. The lowest BCUT2D eigenvalue weighted by Crippen LogP contribution is -2.49. The maximum Gasteiger partial charge on any atom is 0.242 e. The Hall–Kier alpha value is -2.58. The van der Waals surface area contributed by atoms with Crippen molar-refractivity contribution in [1.29, 1.82) is 0 Å². The van der Waals surface area contributed by atoms with Crippen LogP contribution in [0.4, 0.5) is 5.69 Å². The first-order valence-electron chi connectivity index (χ1n) is 11.4. The molecule has 0 bridgehead atoms. The average molecular weight is 508 g/mol.